The minimum atomic E-state index is -0.506. The van der Waals surface area contributed by atoms with Crippen molar-refractivity contribution in [2.45, 2.75) is 38.9 Å². The zero-order chi connectivity index (χ0) is 36.6. The maximum atomic E-state index is 9.83. The van der Waals surface area contributed by atoms with Crippen LogP contribution in [0.2, 0.25) is 0 Å². The summed E-state index contributed by atoms with van der Waals surface area (Å²) in [5, 5.41) is 9.83. The van der Waals surface area contributed by atoms with Gasteiger partial charge in [-0.2, -0.15) is 5.26 Å². The molecule has 5 nitrogen and oxygen atoms in total. The second-order valence-electron chi connectivity index (χ2n) is 14.3. The van der Waals surface area contributed by atoms with E-state index in [-0.39, 0.29) is 0 Å². The fraction of sp³-hybridized carbons (Fsp3) is 0.128. The van der Waals surface area contributed by atoms with Crippen molar-refractivity contribution in [2.24, 2.45) is 0 Å². The van der Waals surface area contributed by atoms with E-state index in [0.717, 1.165) is 66.9 Å². The summed E-state index contributed by atoms with van der Waals surface area (Å²) in [6, 6.07) is 55.7. The van der Waals surface area contributed by atoms with Crippen molar-refractivity contribution in [3.8, 4) is 73.4 Å². The normalized spacial score (nSPS) is 14.5. The van der Waals surface area contributed by atoms with Gasteiger partial charge in [0.05, 0.1) is 34.2 Å². The van der Waals surface area contributed by atoms with E-state index in [9.17, 15) is 5.26 Å². The third-order valence-corrected chi connectivity index (χ3v) is 10.5. The molecule has 0 N–H and O–H groups in total. The van der Waals surface area contributed by atoms with Gasteiger partial charge in [-0.3, -0.25) is 0 Å². The van der Waals surface area contributed by atoms with Gasteiger partial charge in [0.1, 0.15) is 0 Å². The molecule has 1 fully saturated rings. The first-order valence-corrected chi connectivity index (χ1v) is 17.9. The van der Waals surface area contributed by atoms with Gasteiger partial charge in [0.2, 0.25) is 0 Å². The molecule has 0 bridgehead atoms. The Balaban J connectivity index is 1.28. The van der Waals surface area contributed by atoms with Gasteiger partial charge in [-0.1, -0.05) is 140 Å². The SMILES string of the molecule is CC1(C)OB(c2ccccc2-c2ccccc2-c2ccccc2-c2cc(-c3ccccc3)nc(-c3cccc(-c4ccccc4C#N)c3)n2)OC1(C)C. The van der Waals surface area contributed by atoms with Crippen molar-refractivity contribution in [3.05, 3.63) is 163 Å². The number of aromatic nitrogens is 2. The fourth-order valence-corrected chi connectivity index (χ4v) is 6.94. The lowest BCUT2D eigenvalue weighted by atomic mass is 9.73. The van der Waals surface area contributed by atoms with Crippen LogP contribution in [0.4, 0.5) is 0 Å². The summed E-state index contributed by atoms with van der Waals surface area (Å²) in [5.74, 6) is 0.604. The minimum absolute atomic E-state index is 0.462. The molecule has 6 aromatic carbocycles. The molecule has 0 atom stereocenters. The van der Waals surface area contributed by atoms with Gasteiger partial charge in [-0.15, -0.1) is 0 Å². The molecule has 7 aromatic rings. The summed E-state index contributed by atoms with van der Waals surface area (Å²) in [4.78, 5) is 10.4. The quantitative estimate of drug-likeness (QED) is 0.156. The molecule has 6 heteroatoms. The van der Waals surface area contributed by atoms with E-state index < -0.39 is 18.3 Å². The van der Waals surface area contributed by atoms with E-state index in [2.05, 4.69) is 125 Å². The largest absolute Gasteiger partial charge is 0.495 e. The Kier molecular flexibility index (Phi) is 8.84. The van der Waals surface area contributed by atoms with E-state index in [0.29, 0.717) is 11.4 Å². The lowest BCUT2D eigenvalue weighted by Gasteiger charge is -2.32. The van der Waals surface area contributed by atoms with Crippen LogP contribution in [0.25, 0.3) is 67.3 Å². The molecule has 0 amide bonds. The highest BCUT2D eigenvalue weighted by Crippen LogP contribution is 2.41. The van der Waals surface area contributed by atoms with Gasteiger partial charge in [-0.25, -0.2) is 9.97 Å². The molecule has 0 saturated carbocycles. The van der Waals surface area contributed by atoms with Gasteiger partial charge >= 0.3 is 7.12 Å². The smallest absolute Gasteiger partial charge is 0.399 e. The van der Waals surface area contributed by atoms with E-state index in [1.165, 1.54) is 0 Å². The van der Waals surface area contributed by atoms with Crippen LogP contribution >= 0.6 is 0 Å². The van der Waals surface area contributed by atoms with Crippen molar-refractivity contribution in [3.63, 3.8) is 0 Å². The molecule has 1 aromatic heterocycles. The summed E-state index contributed by atoms with van der Waals surface area (Å²) in [7, 11) is -0.506. The van der Waals surface area contributed by atoms with Gasteiger partial charge < -0.3 is 9.31 Å². The van der Waals surface area contributed by atoms with Crippen LogP contribution in [0.5, 0.6) is 0 Å². The molecule has 1 aliphatic rings. The number of benzene rings is 6. The first-order chi connectivity index (χ1) is 25.7. The molecule has 2 heterocycles. The number of nitriles is 1. The molecular formula is C47H38BN3O2. The molecule has 0 unspecified atom stereocenters. The number of rotatable bonds is 7. The first-order valence-electron chi connectivity index (χ1n) is 17.9. The number of nitrogens with zero attached hydrogens (tertiary/aromatic N) is 3. The van der Waals surface area contributed by atoms with Gasteiger partial charge in [0, 0.05) is 16.7 Å². The number of hydrogen-bond donors (Lipinski definition) is 0. The average molecular weight is 688 g/mol. The predicted molar refractivity (Wildman–Crippen MR) is 215 cm³/mol. The van der Waals surface area contributed by atoms with Crippen molar-refractivity contribution >= 4 is 12.6 Å². The molecule has 8 rings (SSSR count). The number of hydrogen-bond acceptors (Lipinski definition) is 5. The topological polar surface area (TPSA) is 68.0 Å². The highest BCUT2D eigenvalue weighted by atomic mass is 16.7. The minimum Gasteiger partial charge on any atom is -0.399 e. The van der Waals surface area contributed by atoms with Crippen LogP contribution < -0.4 is 5.46 Å². The van der Waals surface area contributed by atoms with Crippen molar-refractivity contribution in [1.82, 2.24) is 9.97 Å². The molecule has 0 radical (unpaired) electrons. The van der Waals surface area contributed by atoms with Crippen LogP contribution in [0.1, 0.15) is 33.3 Å². The van der Waals surface area contributed by atoms with Crippen LogP contribution in [-0.4, -0.2) is 28.3 Å². The third-order valence-electron chi connectivity index (χ3n) is 10.5. The highest BCUT2D eigenvalue weighted by molar-refractivity contribution is 6.64. The fourth-order valence-electron chi connectivity index (χ4n) is 6.94. The maximum absolute atomic E-state index is 9.83. The monoisotopic (exact) mass is 687 g/mol. The predicted octanol–water partition coefficient (Wildman–Crippen LogP) is 10.6. The Morgan fingerprint density at radius 2 is 0.962 bits per heavy atom. The molecule has 0 spiro atoms. The summed E-state index contributed by atoms with van der Waals surface area (Å²) in [5.41, 5.74) is 11.2. The molecule has 256 valence electrons. The zero-order valence-corrected chi connectivity index (χ0v) is 30.2. The molecular weight excluding hydrogens is 649 g/mol. The van der Waals surface area contributed by atoms with Gasteiger partial charge in [-0.05, 0) is 84.7 Å². The summed E-state index contributed by atoms with van der Waals surface area (Å²) in [6.45, 7) is 8.34. The van der Waals surface area contributed by atoms with E-state index in [1.807, 2.05) is 66.7 Å². The average Bonchev–Trinajstić information content (AvgIpc) is 3.43. The zero-order valence-electron chi connectivity index (χ0n) is 30.2. The Hall–Kier alpha value is -6.13. The first kappa shape index (κ1) is 34.0. The summed E-state index contributed by atoms with van der Waals surface area (Å²) >= 11 is 0. The Morgan fingerprint density at radius 3 is 1.64 bits per heavy atom. The lowest BCUT2D eigenvalue weighted by Crippen LogP contribution is -2.41. The molecule has 1 saturated heterocycles. The van der Waals surface area contributed by atoms with Crippen molar-refractivity contribution in [1.29, 1.82) is 5.26 Å². The Labute approximate surface area is 311 Å². The Bertz CT molecular complexity index is 2490. The second kappa shape index (κ2) is 13.8. The third kappa shape index (κ3) is 6.46. The summed E-state index contributed by atoms with van der Waals surface area (Å²) < 4.78 is 13.1. The van der Waals surface area contributed by atoms with Gasteiger partial charge in [0.25, 0.3) is 0 Å². The van der Waals surface area contributed by atoms with Crippen LogP contribution in [0.3, 0.4) is 0 Å². The van der Waals surface area contributed by atoms with E-state index in [1.54, 1.807) is 0 Å². The van der Waals surface area contributed by atoms with E-state index >= 15 is 0 Å². The molecule has 1 aliphatic heterocycles. The van der Waals surface area contributed by atoms with Gasteiger partial charge in [0.15, 0.2) is 5.82 Å². The second-order valence-corrected chi connectivity index (χ2v) is 14.3. The lowest BCUT2D eigenvalue weighted by molar-refractivity contribution is 0.00578. The molecule has 0 aliphatic carbocycles. The standard InChI is InChI=1S/C47H38BN3O2/c1-46(2)47(3,4)53-48(52-46)42-28-15-14-26-40(42)38-24-11-10-23-37(38)39-25-12-13-27-41(39)44-30-43(32-17-6-5-7-18-32)50-45(51-44)34-21-16-20-33(29-34)36-22-9-8-19-35(36)31-49/h5-30H,1-4H3. The van der Waals surface area contributed by atoms with Crippen LogP contribution in [0.15, 0.2) is 158 Å². The Morgan fingerprint density at radius 1 is 0.472 bits per heavy atom. The van der Waals surface area contributed by atoms with Crippen LogP contribution in [0, 0.1) is 11.3 Å². The van der Waals surface area contributed by atoms with Crippen molar-refractivity contribution in [2.75, 3.05) is 0 Å². The van der Waals surface area contributed by atoms with Crippen molar-refractivity contribution < 1.29 is 9.31 Å². The summed E-state index contributed by atoms with van der Waals surface area (Å²) in [6.07, 6.45) is 0. The maximum Gasteiger partial charge on any atom is 0.495 e. The molecule has 53 heavy (non-hydrogen) atoms. The van der Waals surface area contributed by atoms with E-state index in [4.69, 9.17) is 19.3 Å². The highest BCUT2D eigenvalue weighted by Gasteiger charge is 2.52. The van der Waals surface area contributed by atoms with Crippen LogP contribution in [-0.2, 0) is 9.31 Å².